The van der Waals surface area contributed by atoms with Crippen molar-refractivity contribution in [3.63, 3.8) is 0 Å². The van der Waals surface area contributed by atoms with Gasteiger partial charge in [-0.15, -0.1) is 5.10 Å². The van der Waals surface area contributed by atoms with Crippen LogP contribution in [0.3, 0.4) is 0 Å². The number of nitrogens with zero attached hydrogens (tertiary/aromatic N) is 5. The molecule has 12 nitrogen and oxygen atoms in total. The fraction of sp³-hybridized carbons (Fsp3) is 0.158. The number of rotatable bonds is 7. The van der Waals surface area contributed by atoms with Gasteiger partial charge in [0.15, 0.2) is 0 Å². The van der Waals surface area contributed by atoms with E-state index in [4.69, 9.17) is 23.2 Å². The zero-order chi connectivity index (χ0) is 24.5. The molecule has 0 saturated carbocycles. The lowest BCUT2D eigenvalue weighted by molar-refractivity contribution is -0.120. The predicted octanol–water partition coefficient (Wildman–Crippen LogP) is 1.68. The minimum Gasteiger partial charge on any atom is -0.325 e. The normalized spacial score (nSPS) is 15.9. The quantitative estimate of drug-likeness (QED) is 0.442. The summed E-state index contributed by atoms with van der Waals surface area (Å²) in [6, 6.07) is 8.22. The van der Waals surface area contributed by atoms with Gasteiger partial charge in [-0.25, -0.2) is 27.5 Å². The average Bonchev–Trinajstić information content (AvgIpc) is 3.42. The van der Waals surface area contributed by atoms with Gasteiger partial charge in [0, 0.05) is 6.42 Å². The first-order chi connectivity index (χ1) is 16.2. The topological polar surface area (TPSA) is 156 Å². The van der Waals surface area contributed by atoms with E-state index in [1.165, 1.54) is 47.4 Å². The largest absolute Gasteiger partial charge is 0.329 e. The number of carbonyl (C=O) groups is 3. The van der Waals surface area contributed by atoms with Crippen LogP contribution in [0, 0.1) is 0 Å². The zero-order valence-electron chi connectivity index (χ0n) is 17.1. The molecule has 4 amide bonds. The lowest BCUT2D eigenvalue weighted by atomic mass is 10.1. The number of hydrogen-bond acceptors (Lipinski definition) is 8. The van der Waals surface area contributed by atoms with Crippen molar-refractivity contribution in [2.75, 3.05) is 4.90 Å². The maximum absolute atomic E-state index is 12.7. The Morgan fingerprint density at radius 1 is 1.09 bits per heavy atom. The monoisotopic (exact) mass is 523 g/mol. The summed E-state index contributed by atoms with van der Waals surface area (Å²) in [6.45, 7) is 0. The van der Waals surface area contributed by atoms with Crippen LogP contribution >= 0.6 is 23.2 Å². The van der Waals surface area contributed by atoms with Crippen LogP contribution in [-0.2, 0) is 19.6 Å². The van der Waals surface area contributed by atoms with Gasteiger partial charge in [-0.2, -0.15) is 0 Å². The van der Waals surface area contributed by atoms with E-state index < -0.39 is 33.9 Å². The van der Waals surface area contributed by atoms with Crippen molar-refractivity contribution in [3.8, 4) is 5.69 Å². The number of tetrazole rings is 1. The smallest absolute Gasteiger partial charge is 0.325 e. The SMILES string of the molecule is O=C(CCC1NC(=O)N(c2ccc(Cl)c(Cl)c2)C1=O)NS(=O)(=O)c1cccc(-n2cnnn2)c1. The zero-order valence-corrected chi connectivity index (χ0v) is 19.4. The minimum atomic E-state index is -4.20. The molecule has 0 bridgehead atoms. The molecule has 0 spiro atoms. The minimum absolute atomic E-state index is 0.117. The molecule has 0 radical (unpaired) electrons. The molecule has 1 fully saturated rings. The number of urea groups is 1. The van der Waals surface area contributed by atoms with E-state index in [1.54, 1.807) is 6.07 Å². The molecule has 1 aliphatic rings. The lowest BCUT2D eigenvalue weighted by Crippen LogP contribution is -2.34. The van der Waals surface area contributed by atoms with Crippen LogP contribution in [-0.4, -0.2) is 52.5 Å². The van der Waals surface area contributed by atoms with Crippen LogP contribution in [0.1, 0.15) is 12.8 Å². The van der Waals surface area contributed by atoms with Gasteiger partial charge in [-0.3, -0.25) is 9.59 Å². The summed E-state index contributed by atoms with van der Waals surface area (Å²) in [5.41, 5.74) is 0.593. The molecule has 2 aromatic carbocycles. The van der Waals surface area contributed by atoms with Crippen LogP contribution in [0.15, 0.2) is 53.7 Å². The van der Waals surface area contributed by atoms with E-state index in [-0.39, 0.29) is 33.5 Å². The molecular formula is C19H15Cl2N7O5S. The Balaban J connectivity index is 1.39. The first-order valence-electron chi connectivity index (χ1n) is 9.64. The second-order valence-corrected chi connectivity index (χ2v) is 9.59. The van der Waals surface area contributed by atoms with Crippen LogP contribution in [0.4, 0.5) is 10.5 Å². The van der Waals surface area contributed by atoms with Crippen molar-refractivity contribution in [1.82, 2.24) is 30.2 Å². The van der Waals surface area contributed by atoms with E-state index in [0.29, 0.717) is 5.69 Å². The number of imide groups is 1. The van der Waals surface area contributed by atoms with Gasteiger partial charge < -0.3 is 5.32 Å². The highest BCUT2D eigenvalue weighted by molar-refractivity contribution is 7.90. The summed E-state index contributed by atoms with van der Waals surface area (Å²) in [5.74, 6) is -1.45. The first kappa shape index (κ1) is 23.6. The van der Waals surface area contributed by atoms with E-state index in [0.717, 1.165) is 4.90 Å². The Morgan fingerprint density at radius 2 is 1.88 bits per heavy atom. The Bertz CT molecular complexity index is 1380. The second kappa shape index (κ2) is 9.37. The van der Waals surface area contributed by atoms with Gasteiger partial charge in [0.05, 0.1) is 26.3 Å². The highest BCUT2D eigenvalue weighted by Crippen LogP contribution is 2.29. The number of anilines is 1. The molecule has 34 heavy (non-hydrogen) atoms. The molecule has 15 heteroatoms. The summed E-state index contributed by atoms with van der Waals surface area (Å²) < 4.78 is 28.4. The van der Waals surface area contributed by atoms with Crippen molar-refractivity contribution >= 4 is 56.8 Å². The summed E-state index contributed by atoms with van der Waals surface area (Å²) in [5, 5.41) is 13.5. The molecule has 4 rings (SSSR count). The number of nitrogens with one attached hydrogen (secondary N) is 2. The van der Waals surface area contributed by atoms with Crippen LogP contribution in [0.25, 0.3) is 5.69 Å². The van der Waals surface area contributed by atoms with E-state index in [9.17, 15) is 22.8 Å². The van der Waals surface area contributed by atoms with Crippen LogP contribution < -0.4 is 14.9 Å². The van der Waals surface area contributed by atoms with Crippen molar-refractivity contribution in [2.24, 2.45) is 0 Å². The molecular weight excluding hydrogens is 509 g/mol. The van der Waals surface area contributed by atoms with Crippen LogP contribution in [0.2, 0.25) is 10.0 Å². The van der Waals surface area contributed by atoms with E-state index in [1.807, 2.05) is 4.72 Å². The number of halogens is 2. The fourth-order valence-corrected chi connectivity index (χ4v) is 4.55. The van der Waals surface area contributed by atoms with Crippen LogP contribution in [0.5, 0.6) is 0 Å². The molecule has 1 aromatic heterocycles. The van der Waals surface area contributed by atoms with Crippen molar-refractivity contribution in [3.05, 3.63) is 58.8 Å². The van der Waals surface area contributed by atoms with Crippen molar-refractivity contribution in [1.29, 1.82) is 0 Å². The Labute approximate surface area is 202 Å². The number of benzene rings is 2. The van der Waals surface area contributed by atoms with Gasteiger partial charge in [0.1, 0.15) is 12.4 Å². The molecule has 2 N–H and O–H groups in total. The Kier molecular flexibility index (Phi) is 6.50. The summed E-state index contributed by atoms with van der Waals surface area (Å²) in [4.78, 5) is 38.0. The third kappa shape index (κ3) is 4.85. The third-order valence-corrected chi connectivity index (χ3v) is 6.94. The Hall–Kier alpha value is -3.55. The summed E-state index contributed by atoms with van der Waals surface area (Å²) in [6.07, 6.45) is 0.838. The highest BCUT2D eigenvalue weighted by atomic mass is 35.5. The van der Waals surface area contributed by atoms with Gasteiger partial charge in [0.25, 0.3) is 15.9 Å². The maximum Gasteiger partial charge on any atom is 0.329 e. The van der Waals surface area contributed by atoms with Gasteiger partial charge >= 0.3 is 6.03 Å². The molecule has 176 valence electrons. The highest BCUT2D eigenvalue weighted by Gasteiger charge is 2.39. The van der Waals surface area contributed by atoms with Crippen molar-refractivity contribution in [2.45, 2.75) is 23.8 Å². The molecule has 1 saturated heterocycles. The van der Waals surface area contributed by atoms with Gasteiger partial charge in [-0.1, -0.05) is 29.3 Å². The summed E-state index contributed by atoms with van der Waals surface area (Å²) in [7, 11) is -4.20. The molecule has 1 atom stereocenters. The van der Waals surface area contributed by atoms with Gasteiger partial charge in [0.2, 0.25) is 5.91 Å². The number of sulfonamides is 1. The first-order valence-corrected chi connectivity index (χ1v) is 11.9. The molecule has 0 aliphatic carbocycles. The van der Waals surface area contributed by atoms with E-state index >= 15 is 0 Å². The molecule has 2 heterocycles. The standard InChI is InChI=1S/C19H15Cl2N7O5S/c20-14-5-4-12(9-15(14)21)28-18(30)16(23-19(28)31)6-7-17(29)24-34(32,33)13-3-1-2-11(8-13)27-10-22-25-26-27/h1-5,8-10,16H,6-7H2,(H,23,31)(H,24,29). The number of carbonyl (C=O) groups excluding carboxylic acids is 3. The molecule has 1 aliphatic heterocycles. The number of amides is 4. The molecule has 3 aromatic rings. The summed E-state index contributed by atoms with van der Waals surface area (Å²) >= 11 is 11.8. The fourth-order valence-electron chi connectivity index (χ4n) is 3.20. The number of hydrogen-bond donors (Lipinski definition) is 2. The lowest BCUT2D eigenvalue weighted by Gasteiger charge is -2.14. The van der Waals surface area contributed by atoms with Crippen molar-refractivity contribution < 1.29 is 22.8 Å². The third-order valence-electron chi connectivity index (χ3n) is 4.83. The second-order valence-electron chi connectivity index (χ2n) is 7.09. The predicted molar refractivity (Wildman–Crippen MR) is 120 cm³/mol. The average molecular weight is 524 g/mol. The molecule has 1 unspecified atom stereocenters. The Morgan fingerprint density at radius 3 is 2.59 bits per heavy atom. The maximum atomic E-state index is 12.7. The van der Waals surface area contributed by atoms with E-state index in [2.05, 4.69) is 20.8 Å². The van der Waals surface area contributed by atoms with Gasteiger partial charge in [-0.05, 0) is 53.2 Å². The number of aromatic nitrogens is 4.